The van der Waals surface area contributed by atoms with E-state index >= 15 is 0 Å². The number of hydrogen-bond donors (Lipinski definition) is 1. The van der Waals surface area contributed by atoms with Gasteiger partial charge in [-0.05, 0) is 18.9 Å². The third-order valence-corrected chi connectivity index (χ3v) is 5.15. The molecule has 0 aromatic rings. The van der Waals surface area contributed by atoms with Gasteiger partial charge in [-0.15, -0.1) is 0 Å². The van der Waals surface area contributed by atoms with Crippen LogP contribution in [0, 0.1) is 5.92 Å². The van der Waals surface area contributed by atoms with Gasteiger partial charge in [0.25, 0.3) is 0 Å². The average molecular weight is 236 g/mol. The summed E-state index contributed by atoms with van der Waals surface area (Å²) in [5, 5.41) is 0.981. The Kier molecular flexibility index (Phi) is 5.00. The molecule has 0 amide bonds. The summed E-state index contributed by atoms with van der Waals surface area (Å²) < 4.78 is 2.31. The largest absolute Gasteiger partial charge is 0.440 e. The summed E-state index contributed by atoms with van der Waals surface area (Å²) >= 11 is 0.333. The molecule has 1 saturated carbocycles. The Morgan fingerprint density at radius 3 is 2.75 bits per heavy atom. The highest BCUT2D eigenvalue weighted by molar-refractivity contribution is 6.39. The molecule has 0 bridgehead atoms. The molecule has 1 fully saturated rings. The smallest absolute Gasteiger partial charge is 0.400 e. The van der Waals surface area contributed by atoms with E-state index in [1.54, 1.807) is 0 Å². The maximum absolute atomic E-state index is 5.80. The maximum atomic E-state index is 5.80. The van der Waals surface area contributed by atoms with Crippen molar-refractivity contribution < 1.29 is 0 Å². The Bertz CT molecular complexity index is 236. The highest BCUT2D eigenvalue weighted by Gasteiger charge is 2.16. The fourth-order valence-corrected chi connectivity index (χ4v) is 3.91. The summed E-state index contributed by atoms with van der Waals surface area (Å²) in [6.07, 6.45) is 11.5. The second-order valence-electron chi connectivity index (χ2n) is 5.07. The van der Waals surface area contributed by atoms with E-state index in [4.69, 9.17) is 5.73 Å². The molecule has 3 nitrogen and oxygen atoms in total. The van der Waals surface area contributed by atoms with Gasteiger partial charge in [0.1, 0.15) is 0 Å². The summed E-state index contributed by atoms with van der Waals surface area (Å²) in [7, 11) is 0. The number of rotatable bonds is 5. The van der Waals surface area contributed by atoms with Crippen molar-refractivity contribution in [2.75, 3.05) is 12.0 Å². The molecule has 2 aliphatic rings. The molecule has 2 rings (SSSR count). The van der Waals surface area contributed by atoms with E-state index < -0.39 is 0 Å². The van der Waals surface area contributed by atoms with Gasteiger partial charge in [0, 0.05) is 5.41 Å². The van der Waals surface area contributed by atoms with Crippen LogP contribution < -0.4 is 5.73 Å². The quantitative estimate of drug-likeness (QED) is 0.585. The molecule has 89 valence electrons. The first-order chi connectivity index (χ1) is 7.86. The van der Waals surface area contributed by atoms with Gasteiger partial charge < -0.3 is 9.62 Å². The number of nitrogens with zero attached hydrogens (tertiary/aromatic N) is 2. The van der Waals surface area contributed by atoms with Crippen LogP contribution in [0.5, 0.6) is 0 Å². The summed E-state index contributed by atoms with van der Waals surface area (Å²) in [6, 6.07) is 0. The summed E-state index contributed by atoms with van der Waals surface area (Å²) in [6.45, 7) is 1.15. The van der Waals surface area contributed by atoms with Crippen molar-refractivity contribution in [2.45, 2.75) is 51.4 Å². The van der Waals surface area contributed by atoms with Crippen LogP contribution in [0.2, 0.25) is 0 Å². The van der Waals surface area contributed by atoms with Crippen LogP contribution in [0.4, 0.5) is 0 Å². The van der Waals surface area contributed by atoms with Gasteiger partial charge in [0.05, 0.1) is 0 Å². The minimum atomic E-state index is 0.333. The van der Waals surface area contributed by atoms with Crippen LogP contribution in [-0.2, 0) is 0 Å². The summed E-state index contributed by atoms with van der Waals surface area (Å²) in [5.74, 6) is 1.83. The fraction of sp³-hybridized carbons (Fsp3) is 0.917. The molecule has 0 unspecified atom stereocenters. The minimum Gasteiger partial charge on any atom is -0.440 e. The Morgan fingerprint density at radius 1 is 1.25 bits per heavy atom. The third-order valence-electron chi connectivity index (χ3n) is 3.84. The molecule has 1 aliphatic carbocycles. The van der Waals surface area contributed by atoms with E-state index in [-0.39, 0.29) is 0 Å². The topological polar surface area (TPSA) is 41.6 Å². The maximum Gasteiger partial charge on any atom is 0.400 e. The molecule has 1 heterocycles. The van der Waals surface area contributed by atoms with Crippen molar-refractivity contribution in [2.24, 2.45) is 16.6 Å². The molecule has 2 N–H and O–H groups in total. The van der Waals surface area contributed by atoms with Crippen LogP contribution in [0.15, 0.2) is 4.99 Å². The van der Waals surface area contributed by atoms with E-state index in [0.29, 0.717) is 15.4 Å². The number of aliphatic imine (C=N–C) groups is 1. The van der Waals surface area contributed by atoms with Crippen molar-refractivity contribution in [3.63, 3.8) is 0 Å². The van der Waals surface area contributed by atoms with Crippen molar-refractivity contribution >= 4 is 21.4 Å². The molecule has 1 aliphatic heterocycles. The minimum absolute atomic E-state index is 0.333. The molecule has 0 atom stereocenters. The summed E-state index contributed by atoms with van der Waals surface area (Å²) in [4.78, 5) is 4.24. The lowest BCUT2D eigenvalue weighted by Gasteiger charge is -2.22. The molecule has 16 heavy (non-hydrogen) atoms. The van der Waals surface area contributed by atoms with Crippen LogP contribution in [-0.4, -0.2) is 37.2 Å². The number of guanidine groups is 1. The Morgan fingerprint density at radius 2 is 2.06 bits per heavy atom. The third kappa shape index (κ3) is 3.68. The predicted octanol–water partition coefficient (Wildman–Crippen LogP) is 1.94. The van der Waals surface area contributed by atoms with Gasteiger partial charge in [0.2, 0.25) is 0 Å². The van der Waals surface area contributed by atoms with Gasteiger partial charge in [0.15, 0.2) is 5.96 Å². The average Bonchev–Trinajstić information content (AvgIpc) is 2.72. The predicted molar refractivity (Wildman–Crippen MR) is 69.4 cm³/mol. The van der Waals surface area contributed by atoms with Gasteiger partial charge in [-0.3, -0.25) is 4.99 Å². The zero-order chi connectivity index (χ0) is 11.2. The molecular formula is C12H23AlN3. The van der Waals surface area contributed by atoms with E-state index in [9.17, 15) is 0 Å². The van der Waals surface area contributed by atoms with Gasteiger partial charge in [-0.2, -0.15) is 0 Å². The van der Waals surface area contributed by atoms with Crippen molar-refractivity contribution in [3.8, 4) is 0 Å². The first-order valence-corrected chi connectivity index (χ1v) is 8.09. The lowest BCUT2D eigenvalue weighted by Crippen LogP contribution is -2.36. The standard InChI is InChI=1S/C12H23N3.Al/c1-14-12(13)15-10-6-5-9-11-7-3-2-4-8-11;/h11H,1-10H2,(H2-,13,14,15);/q-1;+1. The molecular weight excluding hydrogens is 213 g/mol. The highest BCUT2D eigenvalue weighted by Crippen LogP contribution is 2.27. The molecule has 0 saturated heterocycles. The van der Waals surface area contributed by atoms with Gasteiger partial charge in [-0.1, -0.05) is 44.9 Å². The van der Waals surface area contributed by atoms with Crippen LogP contribution in [0.1, 0.15) is 51.4 Å². The molecule has 1 radical (unpaired) electrons. The van der Waals surface area contributed by atoms with Crippen LogP contribution >= 0.6 is 0 Å². The SMILES string of the molecule is NC1=N[CH2][Al][N]1CCCCC1CCCCC1. The highest BCUT2D eigenvalue weighted by atomic mass is 27.1. The van der Waals surface area contributed by atoms with E-state index in [1.165, 1.54) is 51.4 Å². The number of hydrogen-bond acceptors (Lipinski definition) is 3. The van der Waals surface area contributed by atoms with Crippen molar-refractivity contribution in [1.29, 1.82) is 0 Å². The Hall–Kier alpha value is -0.198. The molecule has 4 heteroatoms. The monoisotopic (exact) mass is 236 g/mol. The van der Waals surface area contributed by atoms with E-state index in [0.717, 1.165) is 23.8 Å². The summed E-state index contributed by atoms with van der Waals surface area (Å²) in [5.41, 5.74) is 5.80. The molecule has 0 aromatic carbocycles. The second kappa shape index (κ2) is 6.52. The number of nitrogens with two attached hydrogens (primary N) is 1. The zero-order valence-corrected chi connectivity index (χ0v) is 11.4. The van der Waals surface area contributed by atoms with Crippen LogP contribution in [0.25, 0.3) is 0 Å². The lowest BCUT2D eigenvalue weighted by atomic mass is 9.86. The molecule has 0 spiro atoms. The normalized spacial score (nSPS) is 22.0. The van der Waals surface area contributed by atoms with Gasteiger partial charge in [-0.25, -0.2) is 0 Å². The van der Waals surface area contributed by atoms with Crippen molar-refractivity contribution in [1.82, 2.24) is 3.88 Å². The number of unbranched alkanes of at least 4 members (excludes halogenated alkanes) is 1. The van der Waals surface area contributed by atoms with Gasteiger partial charge >= 0.3 is 15.4 Å². The van der Waals surface area contributed by atoms with Crippen molar-refractivity contribution in [3.05, 3.63) is 0 Å². The first kappa shape index (κ1) is 12.3. The van der Waals surface area contributed by atoms with E-state index in [2.05, 4.69) is 8.88 Å². The Labute approximate surface area is 105 Å². The first-order valence-electron chi connectivity index (χ1n) is 6.76. The zero-order valence-electron chi connectivity index (χ0n) is 10.2. The van der Waals surface area contributed by atoms with Crippen LogP contribution in [0.3, 0.4) is 0 Å². The fourth-order valence-electron chi connectivity index (χ4n) is 2.81. The van der Waals surface area contributed by atoms with E-state index in [1.807, 2.05) is 0 Å². The Balaban J connectivity index is 1.53. The second-order valence-corrected chi connectivity index (χ2v) is 6.43. The molecule has 0 aromatic heterocycles. The lowest BCUT2D eigenvalue weighted by molar-refractivity contribution is 0.327.